The van der Waals surface area contributed by atoms with Crippen LogP contribution in [0.2, 0.25) is 0 Å². The first-order valence-electron chi connectivity index (χ1n) is 11.2. The van der Waals surface area contributed by atoms with Crippen molar-refractivity contribution < 1.29 is 4.39 Å². The molecule has 158 valence electrons. The Morgan fingerprint density at radius 2 is 1.70 bits per heavy atom. The molecule has 1 atom stereocenters. The molecular weight excluding hydrogens is 369 g/mol. The van der Waals surface area contributed by atoms with Crippen molar-refractivity contribution in [3.63, 3.8) is 0 Å². The van der Waals surface area contributed by atoms with E-state index >= 15 is 0 Å². The highest BCUT2D eigenvalue weighted by atomic mass is 19.1. The normalized spacial score (nSPS) is 12.7. The van der Waals surface area contributed by atoms with E-state index in [1.165, 1.54) is 44.2 Å². The summed E-state index contributed by atoms with van der Waals surface area (Å²) in [7, 11) is 0. The van der Waals surface area contributed by atoms with Gasteiger partial charge in [0, 0.05) is 0 Å². The van der Waals surface area contributed by atoms with Crippen LogP contribution in [0.3, 0.4) is 0 Å². The first-order valence-corrected chi connectivity index (χ1v) is 11.2. The van der Waals surface area contributed by atoms with Crippen molar-refractivity contribution in [3.8, 4) is 6.07 Å². The Labute approximate surface area is 182 Å². The molecular formula is C28H34FN. The lowest BCUT2D eigenvalue weighted by atomic mass is 9.87. The Bertz CT molecular complexity index is 856. The van der Waals surface area contributed by atoms with Crippen molar-refractivity contribution in [3.05, 3.63) is 89.3 Å². The molecule has 2 heteroatoms. The number of nitriles is 1. The summed E-state index contributed by atoms with van der Waals surface area (Å²) >= 11 is 0. The van der Waals surface area contributed by atoms with Crippen molar-refractivity contribution in [1.82, 2.24) is 0 Å². The SMILES string of the molecule is C=C(CCC(CC)CCCCC)/C(C#N)=C(\Cc1ccc(F)cc1)c1ccccc1. The number of halogens is 1. The summed E-state index contributed by atoms with van der Waals surface area (Å²) in [5.41, 5.74) is 4.56. The standard InChI is InChI=1S/C28H34FN/c1-4-6-8-11-23(5-2)15-14-22(3)28(21-30)27(25-12-9-7-10-13-25)20-24-16-18-26(29)19-17-24/h7,9-10,12-13,16-19,23H,3-6,8,11,14-15,20H2,1-2H3/b28-27+. The smallest absolute Gasteiger partial charge is 0.123 e. The molecule has 0 saturated carbocycles. The van der Waals surface area contributed by atoms with Crippen LogP contribution in [-0.4, -0.2) is 0 Å². The van der Waals surface area contributed by atoms with E-state index in [0.29, 0.717) is 17.9 Å². The molecule has 2 aromatic carbocycles. The number of hydrogen-bond donors (Lipinski definition) is 0. The topological polar surface area (TPSA) is 23.8 Å². The number of allylic oxidation sites excluding steroid dienone is 3. The summed E-state index contributed by atoms with van der Waals surface area (Å²) in [4.78, 5) is 0. The van der Waals surface area contributed by atoms with Gasteiger partial charge in [0.05, 0.1) is 11.6 Å². The average Bonchev–Trinajstić information content (AvgIpc) is 2.78. The van der Waals surface area contributed by atoms with Crippen LogP contribution in [0.1, 0.15) is 69.9 Å². The fraction of sp³-hybridized carbons (Fsp3) is 0.393. The third-order valence-corrected chi connectivity index (χ3v) is 5.83. The van der Waals surface area contributed by atoms with E-state index in [-0.39, 0.29) is 5.82 Å². The van der Waals surface area contributed by atoms with Crippen molar-refractivity contribution in [2.75, 3.05) is 0 Å². The number of nitrogens with zero attached hydrogens (tertiary/aromatic N) is 1. The van der Waals surface area contributed by atoms with Gasteiger partial charge in [0.25, 0.3) is 0 Å². The van der Waals surface area contributed by atoms with Gasteiger partial charge in [-0.25, -0.2) is 4.39 Å². The molecule has 0 amide bonds. The van der Waals surface area contributed by atoms with Gasteiger partial charge in [-0.15, -0.1) is 0 Å². The highest BCUT2D eigenvalue weighted by molar-refractivity contribution is 5.77. The van der Waals surface area contributed by atoms with Crippen molar-refractivity contribution in [1.29, 1.82) is 5.26 Å². The van der Waals surface area contributed by atoms with Crippen LogP contribution in [0.25, 0.3) is 5.57 Å². The maximum atomic E-state index is 13.3. The molecule has 0 radical (unpaired) electrons. The predicted octanol–water partition coefficient (Wildman–Crippen LogP) is 8.29. The Hall–Kier alpha value is -2.66. The van der Waals surface area contributed by atoms with E-state index in [9.17, 15) is 9.65 Å². The number of rotatable bonds is 12. The molecule has 0 fully saturated rings. The average molecular weight is 404 g/mol. The molecule has 0 aliphatic carbocycles. The fourth-order valence-electron chi connectivity index (χ4n) is 3.88. The minimum Gasteiger partial charge on any atom is -0.207 e. The molecule has 0 aromatic heterocycles. The maximum absolute atomic E-state index is 13.3. The highest BCUT2D eigenvalue weighted by Crippen LogP contribution is 2.30. The van der Waals surface area contributed by atoms with E-state index in [1.807, 2.05) is 30.3 Å². The molecule has 0 heterocycles. The van der Waals surface area contributed by atoms with Crippen molar-refractivity contribution in [2.45, 2.75) is 65.2 Å². The molecule has 1 nitrogen and oxygen atoms in total. The third kappa shape index (κ3) is 7.30. The van der Waals surface area contributed by atoms with E-state index in [1.54, 1.807) is 12.1 Å². The summed E-state index contributed by atoms with van der Waals surface area (Å²) in [5.74, 6) is 0.438. The van der Waals surface area contributed by atoms with Gasteiger partial charge in [0.1, 0.15) is 5.82 Å². The van der Waals surface area contributed by atoms with Crippen molar-refractivity contribution in [2.24, 2.45) is 5.92 Å². The summed E-state index contributed by atoms with van der Waals surface area (Å²) < 4.78 is 13.3. The van der Waals surface area contributed by atoms with Crippen LogP contribution < -0.4 is 0 Å². The molecule has 0 bridgehead atoms. The Kier molecular flexibility index (Phi) is 10.1. The zero-order chi connectivity index (χ0) is 21.8. The monoisotopic (exact) mass is 403 g/mol. The van der Waals surface area contributed by atoms with Gasteiger partial charge in [0.15, 0.2) is 0 Å². The van der Waals surface area contributed by atoms with Crippen LogP contribution >= 0.6 is 0 Å². The lowest BCUT2D eigenvalue weighted by molar-refractivity contribution is 0.417. The second-order valence-electron chi connectivity index (χ2n) is 8.05. The molecule has 2 rings (SSSR count). The van der Waals surface area contributed by atoms with E-state index in [4.69, 9.17) is 0 Å². The quantitative estimate of drug-likeness (QED) is 0.199. The third-order valence-electron chi connectivity index (χ3n) is 5.83. The van der Waals surface area contributed by atoms with Gasteiger partial charge in [0.2, 0.25) is 0 Å². The largest absolute Gasteiger partial charge is 0.207 e. The van der Waals surface area contributed by atoms with Gasteiger partial charge < -0.3 is 0 Å². The minimum atomic E-state index is -0.248. The fourth-order valence-corrected chi connectivity index (χ4v) is 3.88. The summed E-state index contributed by atoms with van der Waals surface area (Å²) in [6.45, 7) is 8.78. The Morgan fingerprint density at radius 1 is 1.00 bits per heavy atom. The zero-order valence-electron chi connectivity index (χ0n) is 18.5. The zero-order valence-corrected chi connectivity index (χ0v) is 18.5. The van der Waals surface area contributed by atoms with Gasteiger partial charge in [-0.2, -0.15) is 5.26 Å². The second-order valence-corrected chi connectivity index (χ2v) is 8.05. The minimum absolute atomic E-state index is 0.248. The van der Waals surface area contributed by atoms with Crippen LogP contribution in [-0.2, 0) is 6.42 Å². The molecule has 0 aliphatic rings. The van der Waals surface area contributed by atoms with Gasteiger partial charge >= 0.3 is 0 Å². The van der Waals surface area contributed by atoms with E-state index in [0.717, 1.165) is 35.1 Å². The van der Waals surface area contributed by atoms with E-state index < -0.39 is 0 Å². The molecule has 0 aliphatic heterocycles. The van der Waals surface area contributed by atoms with Gasteiger partial charge in [-0.3, -0.25) is 0 Å². The molecule has 2 aromatic rings. The second kappa shape index (κ2) is 12.8. The van der Waals surface area contributed by atoms with Crippen molar-refractivity contribution >= 4 is 5.57 Å². The summed E-state index contributed by atoms with van der Waals surface area (Å²) in [5, 5.41) is 10.0. The van der Waals surface area contributed by atoms with Crippen LogP contribution in [0.5, 0.6) is 0 Å². The molecule has 1 unspecified atom stereocenters. The maximum Gasteiger partial charge on any atom is 0.123 e. The first-order chi connectivity index (χ1) is 14.6. The lowest BCUT2D eigenvalue weighted by Crippen LogP contribution is -2.02. The molecule has 30 heavy (non-hydrogen) atoms. The molecule has 0 spiro atoms. The highest BCUT2D eigenvalue weighted by Gasteiger charge is 2.15. The lowest BCUT2D eigenvalue weighted by Gasteiger charge is -2.17. The van der Waals surface area contributed by atoms with Gasteiger partial charge in [-0.05, 0) is 59.6 Å². The van der Waals surface area contributed by atoms with Crippen LogP contribution in [0.4, 0.5) is 4.39 Å². The summed E-state index contributed by atoms with van der Waals surface area (Å²) in [6.07, 6.45) is 8.73. The first kappa shape index (κ1) is 23.6. The number of unbranched alkanes of at least 4 members (excludes halogenated alkanes) is 2. The Morgan fingerprint density at radius 3 is 2.30 bits per heavy atom. The van der Waals surface area contributed by atoms with E-state index in [2.05, 4.69) is 26.5 Å². The molecule has 0 saturated heterocycles. The molecule has 0 N–H and O–H groups in total. The predicted molar refractivity (Wildman–Crippen MR) is 125 cm³/mol. The van der Waals surface area contributed by atoms with Crippen LogP contribution in [0, 0.1) is 23.1 Å². The number of hydrogen-bond acceptors (Lipinski definition) is 1. The van der Waals surface area contributed by atoms with Gasteiger partial charge in [-0.1, -0.05) is 95.0 Å². The Balaban J connectivity index is 2.24. The summed E-state index contributed by atoms with van der Waals surface area (Å²) in [6, 6.07) is 19.0. The van der Waals surface area contributed by atoms with Crippen LogP contribution in [0.15, 0.2) is 72.3 Å². The number of benzene rings is 2.